The quantitative estimate of drug-likeness (QED) is 0.681. The maximum atomic E-state index is 13.5. The van der Waals surface area contributed by atoms with Crippen molar-refractivity contribution in [1.82, 2.24) is 5.32 Å². The molecule has 1 saturated heterocycles. The second-order valence-electron chi connectivity index (χ2n) is 7.20. The van der Waals surface area contributed by atoms with Crippen molar-refractivity contribution in [2.45, 2.75) is 31.7 Å². The number of hydrogen-bond acceptors (Lipinski definition) is 4. The van der Waals surface area contributed by atoms with E-state index in [4.69, 9.17) is 4.74 Å². The van der Waals surface area contributed by atoms with Crippen LogP contribution < -0.4 is 5.32 Å². The molecule has 1 heterocycles. The molecule has 2 bridgehead atoms. The molecule has 1 aliphatic heterocycles. The lowest BCUT2D eigenvalue weighted by Crippen LogP contribution is -2.63. The van der Waals surface area contributed by atoms with Crippen LogP contribution in [0.15, 0.2) is 54.6 Å². The molecule has 0 radical (unpaired) electrons. The van der Waals surface area contributed by atoms with E-state index in [0.717, 1.165) is 17.5 Å². The van der Waals surface area contributed by atoms with Crippen LogP contribution in [0.3, 0.4) is 0 Å². The zero-order valence-corrected chi connectivity index (χ0v) is 14.9. The van der Waals surface area contributed by atoms with Crippen molar-refractivity contribution in [3.63, 3.8) is 0 Å². The summed E-state index contributed by atoms with van der Waals surface area (Å²) in [5.41, 5.74) is 2.22. The molecule has 0 spiro atoms. The monoisotopic (exact) mass is 349 g/mol. The van der Waals surface area contributed by atoms with Gasteiger partial charge in [-0.15, -0.1) is 0 Å². The molecule has 2 aromatic rings. The van der Waals surface area contributed by atoms with Gasteiger partial charge in [-0.2, -0.15) is 0 Å². The van der Waals surface area contributed by atoms with E-state index in [2.05, 4.69) is 17.4 Å². The minimum atomic E-state index is -1.10. The fourth-order valence-corrected chi connectivity index (χ4v) is 4.39. The molecule has 3 atom stereocenters. The number of Topliss-reactive ketones (excluding diaryl/α,β-unsaturated/α-hetero) is 1. The molecule has 3 unspecified atom stereocenters. The van der Waals surface area contributed by atoms with E-state index in [1.165, 1.54) is 5.56 Å². The number of esters is 1. The zero-order valence-electron chi connectivity index (χ0n) is 14.9. The van der Waals surface area contributed by atoms with E-state index in [1.807, 2.05) is 42.5 Å². The Labute approximate surface area is 153 Å². The number of carbonyl (C=O) groups excluding carboxylic acids is 2. The summed E-state index contributed by atoms with van der Waals surface area (Å²) in [6.45, 7) is 2.41. The first kappa shape index (κ1) is 17.0. The van der Waals surface area contributed by atoms with Crippen molar-refractivity contribution in [2.24, 2.45) is 5.41 Å². The molecule has 134 valence electrons. The van der Waals surface area contributed by atoms with Gasteiger partial charge in [0.25, 0.3) is 0 Å². The van der Waals surface area contributed by atoms with Crippen LogP contribution in [0, 0.1) is 5.41 Å². The van der Waals surface area contributed by atoms with Crippen LogP contribution in [0.4, 0.5) is 0 Å². The van der Waals surface area contributed by atoms with Crippen LogP contribution in [0.1, 0.15) is 29.5 Å². The van der Waals surface area contributed by atoms with Gasteiger partial charge in [0.1, 0.15) is 5.41 Å². The molecule has 2 aromatic carbocycles. The number of benzene rings is 2. The number of piperidine rings is 1. The molecule has 26 heavy (non-hydrogen) atoms. The number of rotatable bonds is 4. The average molecular weight is 349 g/mol. The third-order valence-corrected chi connectivity index (χ3v) is 5.67. The van der Waals surface area contributed by atoms with Crippen molar-refractivity contribution in [2.75, 3.05) is 13.2 Å². The van der Waals surface area contributed by atoms with Gasteiger partial charge in [0.05, 0.1) is 12.5 Å². The van der Waals surface area contributed by atoms with Crippen molar-refractivity contribution in [1.29, 1.82) is 0 Å². The Bertz CT molecular complexity index is 832. The smallest absolute Gasteiger partial charge is 0.321 e. The van der Waals surface area contributed by atoms with E-state index in [0.29, 0.717) is 13.0 Å². The number of nitrogens with one attached hydrogen (secondary N) is 1. The maximum absolute atomic E-state index is 13.5. The Morgan fingerprint density at radius 1 is 1.15 bits per heavy atom. The molecule has 4 nitrogen and oxygen atoms in total. The van der Waals surface area contributed by atoms with Crippen molar-refractivity contribution < 1.29 is 14.3 Å². The van der Waals surface area contributed by atoms with Crippen LogP contribution >= 0.6 is 0 Å². The summed E-state index contributed by atoms with van der Waals surface area (Å²) in [6, 6.07) is 18.2. The normalized spacial score (nSPS) is 26.9. The summed E-state index contributed by atoms with van der Waals surface area (Å²) in [5, 5.41) is 3.50. The molecule has 4 rings (SSSR count). The lowest BCUT2D eigenvalue weighted by molar-refractivity contribution is -0.163. The molecule has 4 heteroatoms. The van der Waals surface area contributed by atoms with Gasteiger partial charge in [-0.05, 0) is 36.5 Å². The molecule has 0 saturated carbocycles. The average Bonchev–Trinajstić information content (AvgIpc) is 2.65. The van der Waals surface area contributed by atoms with E-state index in [9.17, 15) is 9.59 Å². The second-order valence-corrected chi connectivity index (χ2v) is 7.20. The minimum absolute atomic E-state index is 0.00864. The summed E-state index contributed by atoms with van der Waals surface area (Å²) < 4.78 is 5.30. The topological polar surface area (TPSA) is 55.4 Å². The van der Waals surface area contributed by atoms with Gasteiger partial charge in [0.15, 0.2) is 5.78 Å². The Morgan fingerprint density at radius 2 is 1.88 bits per heavy atom. The summed E-state index contributed by atoms with van der Waals surface area (Å²) in [7, 11) is 0. The molecule has 1 aliphatic carbocycles. The largest absolute Gasteiger partial charge is 0.465 e. The van der Waals surface area contributed by atoms with Crippen molar-refractivity contribution >= 4 is 11.8 Å². The van der Waals surface area contributed by atoms with Crippen molar-refractivity contribution in [3.05, 3.63) is 71.3 Å². The van der Waals surface area contributed by atoms with E-state index < -0.39 is 11.4 Å². The Morgan fingerprint density at radius 3 is 2.65 bits per heavy atom. The molecule has 2 aliphatic rings. The fourth-order valence-electron chi connectivity index (χ4n) is 4.39. The van der Waals surface area contributed by atoms with Crippen LogP contribution in [-0.2, 0) is 27.2 Å². The maximum Gasteiger partial charge on any atom is 0.321 e. The van der Waals surface area contributed by atoms with Crippen LogP contribution in [0.5, 0.6) is 0 Å². The van der Waals surface area contributed by atoms with Gasteiger partial charge < -0.3 is 10.1 Å². The van der Waals surface area contributed by atoms with E-state index in [-0.39, 0.29) is 24.3 Å². The van der Waals surface area contributed by atoms with Gasteiger partial charge in [-0.1, -0.05) is 54.6 Å². The number of hydrogen-bond donors (Lipinski definition) is 1. The summed E-state index contributed by atoms with van der Waals surface area (Å²) in [5.74, 6) is -0.706. The Balaban J connectivity index is 1.74. The standard InChI is InChI=1S/C22H23NO3/c1-2-26-21(25)22-13-16-10-6-7-11-17(16)19(20(22)24)18(23-14-22)12-15-8-4-3-5-9-15/h3-11,18-19,23H,2,12-14H2,1H3. The molecule has 0 amide bonds. The van der Waals surface area contributed by atoms with E-state index >= 15 is 0 Å². The molecular formula is C22H23NO3. The first-order valence-electron chi connectivity index (χ1n) is 9.22. The number of ketones is 1. The SMILES string of the molecule is CCOC(=O)C12CNC(Cc3ccccc3)C(C1=O)c1ccccc1C2. The second kappa shape index (κ2) is 6.69. The molecule has 1 N–H and O–H groups in total. The highest BCUT2D eigenvalue weighted by Crippen LogP contribution is 2.45. The van der Waals surface area contributed by atoms with Crippen LogP contribution in [0.2, 0.25) is 0 Å². The van der Waals surface area contributed by atoms with Crippen molar-refractivity contribution in [3.8, 4) is 0 Å². The summed E-state index contributed by atoms with van der Waals surface area (Å²) in [4.78, 5) is 26.2. The first-order chi connectivity index (χ1) is 12.7. The lowest BCUT2D eigenvalue weighted by atomic mass is 9.61. The highest BCUT2D eigenvalue weighted by atomic mass is 16.5. The Kier molecular flexibility index (Phi) is 4.37. The lowest BCUT2D eigenvalue weighted by Gasteiger charge is -2.46. The minimum Gasteiger partial charge on any atom is -0.465 e. The van der Waals surface area contributed by atoms with Gasteiger partial charge in [-0.3, -0.25) is 9.59 Å². The third kappa shape index (κ3) is 2.65. The Hall–Kier alpha value is -2.46. The van der Waals surface area contributed by atoms with Gasteiger partial charge in [-0.25, -0.2) is 0 Å². The predicted molar refractivity (Wildman–Crippen MR) is 98.9 cm³/mol. The van der Waals surface area contributed by atoms with Crippen LogP contribution in [0.25, 0.3) is 0 Å². The summed E-state index contributed by atoms with van der Waals surface area (Å²) >= 11 is 0. The molecular weight excluding hydrogens is 326 g/mol. The third-order valence-electron chi connectivity index (χ3n) is 5.67. The number of carbonyl (C=O) groups is 2. The highest BCUT2D eigenvalue weighted by molar-refractivity contribution is 6.09. The van der Waals surface area contributed by atoms with Gasteiger partial charge in [0, 0.05) is 12.6 Å². The van der Waals surface area contributed by atoms with E-state index in [1.54, 1.807) is 6.92 Å². The highest BCUT2D eigenvalue weighted by Gasteiger charge is 2.57. The molecule has 1 fully saturated rings. The molecule has 0 aromatic heterocycles. The van der Waals surface area contributed by atoms with Crippen LogP contribution in [-0.4, -0.2) is 30.9 Å². The fraction of sp³-hybridized carbons (Fsp3) is 0.364. The summed E-state index contributed by atoms with van der Waals surface area (Å²) in [6.07, 6.45) is 1.17. The number of ether oxygens (including phenoxy) is 1. The van der Waals surface area contributed by atoms with Gasteiger partial charge >= 0.3 is 5.97 Å². The number of fused-ring (bicyclic) bond motifs is 4. The first-order valence-corrected chi connectivity index (χ1v) is 9.22. The zero-order chi connectivity index (χ0) is 18.1. The van der Waals surface area contributed by atoms with Gasteiger partial charge in [0.2, 0.25) is 0 Å². The predicted octanol–water partition coefficient (Wildman–Crippen LogP) is 2.66.